The zero-order chi connectivity index (χ0) is 9.14. The van der Waals surface area contributed by atoms with Crippen LogP contribution in [0.25, 0.3) is 0 Å². The minimum atomic E-state index is -0.914. The highest BCUT2D eigenvalue weighted by atomic mass is 16.5. The highest BCUT2D eigenvalue weighted by molar-refractivity contribution is 5.67. The van der Waals surface area contributed by atoms with Gasteiger partial charge in [0.15, 0.2) is 0 Å². The van der Waals surface area contributed by atoms with Gasteiger partial charge in [-0.2, -0.15) is 0 Å². The summed E-state index contributed by atoms with van der Waals surface area (Å²) in [5, 5.41) is 17.7. The van der Waals surface area contributed by atoms with E-state index in [0.29, 0.717) is 6.42 Å². The molecule has 1 aliphatic heterocycles. The molecule has 0 spiro atoms. The monoisotopic (exact) mass is 175 g/mol. The molecule has 3 atom stereocenters. The van der Waals surface area contributed by atoms with E-state index in [4.69, 9.17) is 15.6 Å². The second-order valence-corrected chi connectivity index (χ2v) is 3.02. The topological polar surface area (TPSA) is 92.8 Å². The van der Waals surface area contributed by atoms with E-state index in [2.05, 4.69) is 0 Å². The van der Waals surface area contributed by atoms with Crippen molar-refractivity contribution in [1.82, 2.24) is 0 Å². The summed E-state index contributed by atoms with van der Waals surface area (Å²) in [6.07, 6.45) is -0.780. The van der Waals surface area contributed by atoms with Crippen molar-refractivity contribution in [2.75, 3.05) is 6.61 Å². The van der Waals surface area contributed by atoms with Crippen LogP contribution in [0.5, 0.6) is 0 Å². The molecule has 0 bridgehead atoms. The van der Waals surface area contributed by atoms with Gasteiger partial charge in [-0.1, -0.05) is 0 Å². The average molecular weight is 175 g/mol. The van der Waals surface area contributed by atoms with Gasteiger partial charge in [-0.15, -0.1) is 0 Å². The maximum absolute atomic E-state index is 10.3. The first-order chi connectivity index (χ1) is 5.59. The molecule has 0 aliphatic carbocycles. The van der Waals surface area contributed by atoms with E-state index in [1.165, 1.54) is 0 Å². The van der Waals surface area contributed by atoms with Gasteiger partial charge in [0.05, 0.1) is 31.3 Å². The second kappa shape index (κ2) is 3.84. The Kier molecular flexibility index (Phi) is 3.02. The number of carbonyl (C=O) groups is 1. The third-order valence-electron chi connectivity index (χ3n) is 1.93. The van der Waals surface area contributed by atoms with Gasteiger partial charge in [0.25, 0.3) is 0 Å². The van der Waals surface area contributed by atoms with Gasteiger partial charge in [0.2, 0.25) is 0 Å². The molecule has 12 heavy (non-hydrogen) atoms. The van der Waals surface area contributed by atoms with Crippen LogP contribution in [0.4, 0.5) is 0 Å². The van der Waals surface area contributed by atoms with Gasteiger partial charge in [0.1, 0.15) is 0 Å². The van der Waals surface area contributed by atoms with Crippen molar-refractivity contribution < 1.29 is 19.7 Å². The minimum Gasteiger partial charge on any atom is -0.481 e. The number of aliphatic hydroxyl groups is 1. The van der Waals surface area contributed by atoms with E-state index in [1.807, 2.05) is 0 Å². The van der Waals surface area contributed by atoms with E-state index in [0.717, 1.165) is 0 Å². The van der Waals surface area contributed by atoms with Crippen LogP contribution in [0.15, 0.2) is 0 Å². The summed E-state index contributed by atoms with van der Waals surface area (Å²) in [6, 6.07) is -0.380. The van der Waals surface area contributed by atoms with Crippen molar-refractivity contribution in [3.05, 3.63) is 0 Å². The summed E-state index contributed by atoms with van der Waals surface area (Å²) in [7, 11) is 0. The van der Waals surface area contributed by atoms with Crippen LogP contribution in [-0.2, 0) is 9.53 Å². The van der Waals surface area contributed by atoms with Crippen LogP contribution in [-0.4, -0.2) is 41.0 Å². The summed E-state index contributed by atoms with van der Waals surface area (Å²) < 4.78 is 5.11. The normalized spacial score (nSPS) is 36.3. The number of hydrogen-bond acceptors (Lipinski definition) is 4. The molecule has 1 saturated heterocycles. The first-order valence-corrected chi connectivity index (χ1v) is 3.86. The van der Waals surface area contributed by atoms with Gasteiger partial charge in [-0.3, -0.25) is 4.79 Å². The number of aliphatic carboxylic acids is 1. The molecule has 1 fully saturated rings. The number of aliphatic hydroxyl groups excluding tert-OH is 1. The Labute approximate surface area is 70.1 Å². The second-order valence-electron chi connectivity index (χ2n) is 3.02. The molecule has 0 aromatic rings. The highest BCUT2D eigenvalue weighted by Crippen LogP contribution is 2.15. The molecule has 0 aromatic carbocycles. The first-order valence-electron chi connectivity index (χ1n) is 3.86. The smallest absolute Gasteiger partial charge is 0.305 e. The van der Waals surface area contributed by atoms with E-state index in [9.17, 15) is 9.90 Å². The van der Waals surface area contributed by atoms with Crippen LogP contribution in [0.1, 0.15) is 12.8 Å². The van der Waals surface area contributed by atoms with Crippen molar-refractivity contribution in [3.8, 4) is 0 Å². The Balaban J connectivity index is 2.35. The van der Waals surface area contributed by atoms with Gasteiger partial charge in [-0.25, -0.2) is 0 Å². The molecule has 0 radical (unpaired) electrons. The maximum atomic E-state index is 10.3. The number of nitrogens with two attached hydrogens (primary N) is 1. The average Bonchev–Trinajstić information content (AvgIpc) is 1.96. The van der Waals surface area contributed by atoms with E-state index in [-0.39, 0.29) is 19.1 Å². The fraction of sp³-hybridized carbons (Fsp3) is 0.857. The van der Waals surface area contributed by atoms with Gasteiger partial charge in [-0.05, 0) is 0 Å². The third kappa shape index (κ3) is 2.44. The molecule has 1 rings (SSSR count). The summed E-state index contributed by atoms with van der Waals surface area (Å²) in [4.78, 5) is 10.3. The maximum Gasteiger partial charge on any atom is 0.305 e. The number of hydrogen-bond donors (Lipinski definition) is 3. The molecular weight excluding hydrogens is 162 g/mol. The minimum absolute atomic E-state index is 0.0657. The number of carboxylic acids is 1. The Bertz CT molecular complexity index is 173. The molecule has 5 heteroatoms. The zero-order valence-electron chi connectivity index (χ0n) is 6.64. The van der Waals surface area contributed by atoms with Crippen LogP contribution in [0, 0.1) is 0 Å². The lowest BCUT2D eigenvalue weighted by molar-refractivity contribution is -0.143. The van der Waals surface area contributed by atoms with Crippen LogP contribution in [0.3, 0.4) is 0 Å². The predicted octanol–water partition coefficient (Wildman–Crippen LogP) is -1.06. The van der Waals surface area contributed by atoms with Crippen molar-refractivity contribution in [3.63, 3.8) is 0 Å². The van der Waals surface area contributed by atoms with E-state index < -0.39 is 18.2 Å². The predicted molar refractivity (Wildman–Crippen MR) is 40.6 cm³/mol. The number of ether oxygens (including phenoxy) is 1. The van der Waals surface area contributed by atoms with E-state index >= 15 is 0 Å². The summed E-state index contributed by atoms with van der Waals surface area (Å²) in [5.74, 6) is -0.914. The van der Waals surface area contributed by atoms with Crippen molar-refractivity contribution >= 4 is 5.97 Å². The van der Waals surface area contributed by atoms with Crippen molar-refractivity contribution in [1.29, 1.82) is 0 Å². The lowest BCUT2D eigenvalue weighted by Gasteiger charge is -2.30. The van der Waals surface area contributed by atoms with Crippen LogP contribution >= 0.6 is 0 Å². The molecule has 0 amide bonds. The molecule has 0 unspecified atom stereocenters. The van der Waals surface area contributed by atoms with Crippen molar-refractivity contribution in [2.24, 2.45) is 5.73 Å². The van der Waals surface area contributed by atoms with Gasteiger partial charge >= 0.3 is 5.97 Å². The van der Waals surface area contributed by atoms with Gasteiger partial charge in [0, 0.05) is 6.42 Å². The fourth-order valence-electron chi connectivity index (χ4n) is 1.21. The Morgan fingerprint density at radius 1 is 1.67 bits per heavy atom. The van der Waals surface area contributed by atoms with Gasteiger partial charge < -0.3 is 20.7 Å². The fourth-order valence-corrected chi connectivity index (χ4v) is 1.21. The SMILES string of the molecule is N[C@H]1CO[C@H](CC(=O)O)C[C@@H]1O. The summed E-state index contributed by atoms with van der Waals surface area (Å²) in [5.41, 5.74) is 5.45. The molecular formula is C7H13NO4. The lowest BCUT2D eigenvalue weighted by atomic mass is 10.0. The lowest BCUT2D eigenvalue weighted by Crippen LogP contribution is -2.47. The quantitative estimate of drug-likeness (QED) is 0.497. The Hall–Kier alpha value is -0.650. The molecule has 0 aromatic heterocycles. The summed E-state index contributed by atoms with van der Waals surface area (Å²) in [6.45, 7) is 0.235. The largest absolute Gasteiger partial charge is 0.481 e. The van der Waals surface area contributed by atoms with Crippen molar-refractivity contribution in [2.45, 2.75) is 31.1 Å². The van der Waals surface area contributed by atoms with E-state index in [1.54, 1.807) is 0 Å². The Morgan fingerprint density at radius 2 is 2.33 bits per heavy atom. The van der Waals surface area contributed by atoms with Crippen LogP contribution < -0.4 is 5.73 Å². The first kappa shape index (κ1) is 9.44. The number of rotatable bonds is 2. The van der Waals surface area contributed by atoms with Crippen LogP contribution in [0.2, 0.25) is 0 Å². The molecule has 1 aliphatic rings. The Morgan fingerprint density at radius 3 is 2.83 bits per heavy atom. The zero-order valence-corrected chi connectivity index (χ0v) is 6.64. The standard InChI is InChI=1S/C7H13NO4/c8-5-3-12-4(1-6(5)9)2-7(10)11/h4-6,9H,1-3,8H2,(H,10,11)/t4-,5-,6-/m0/s1. The highest BCUT2D eigenvalue weighted by Gasteiger charge is 2.28. The molecule has 1 heterocycles. The molecule has 4 N–H and O–H groups in total. The molecule has 70 valence electrons. The molecule has 5 nitrogen and oxygen atoms in total. The summed E-state index contributed by atoms with van der Waals surface area (Å²) >= 11 is 0. The third-order valence-corrected chi connectivity index (χ3v) is 1.93. The number of carboxylic acid groups (broad SMARTS) is 1. The molecule has 0 saturated carbocycles.